The van der Waals surface area contributed by atoms with Crippen molar-refractivity contribution in [3.8, 4) is 0 Å². The van der Waals surface area contributed by atoms with E-state index in [0.29, 0.717) is 34.8 Å². The van der Waals surface area contributed by atoms with Crippen LogP contribution >= 0.6 is 23.1 Å². The summed E-state index contributed by atoms with van der Waals surface area (Å²) in [6, 6.07) is 0. The third-order valence-corrected chi connectivity index (χ3v) is 9.01. The van der Waals surface area contributed by atoms with Crippen LogP contribution in [-0.4, -0.2) is 27.6 Å². The van der Waals surface area contributed by atoms with Gasteiger partial charge in [-0.1, -0.05) is 30.3 Å². The topological polar surface area (TPSA) is 67.3 Å². The van der Waals surface area contributed by atoms with Crippen molar-refractivity contribution in [1.82, 2.24) is 4.98 Å². The number of nitrogens with zero attached hydrogens (tertiary/aromatic N) is 1. The lowest BCUT2D eigenvalue weighted by Gasteiger charge is -2.42. The Morgan fingerprint density at radius 2 is 2.09 bits per heavy atom. The van der Waals surface area contributed by atoms with Crippen LogP contribution in [0.25, 0.3) is 0 Å². The van der Waals surface area contributed by atoms with Crippen molar-refractivity contribution in [2.75, 3.05) is 5.75 Å². The van der Waals surface area contributed by atoms with Crippen LogP contribution in [0.1, 0.15) is 62.9 Å². The molecule has 2 saturated carbocycles. The summed E-state index contributed by atoms with van der Waals surface area (Å²) in [6.45, 7) is 4.16. The van der Waals surface area contributed by atoms with Crippen molar-refractivity contribution in [3.05, 3.63) is 34.6 Å². The average molecular weight is 488 g/mol. The first-order chi connectivity index (χ1) is 15.2. The van der Waals surface area contributed by atoms with Gasteiger partial charge in [-0.05, 0) is 56.3 Å². The summed E-state index contributed by atoms with van der Waals surface area (Å²) in [4.78, 5) is 27.5. The van der Waals surface area contributed by atoms with E-state index in [-0.39, 0.29) is 35.7 Å². The molecule has 1 aromatic rings. The number of carboxylic acid groups (broad SMARTS) is 1. The molecule has 3 unspecified atom stereocenters. The first-order valence-corrected chi connectivity index (χ1v) is 12.8. The summed E-state index contributed by atoms with van der Waals surface area (Å²) >= 11 is 2.79. The molecule has 2 aliphatic carbocycles. The van der Waals surface area contributed by atoms with Gasteiger partial charge in [-0.3, -0.25) is 4.79 Å². The third-order valence-electron chi connectivity index (χ3n) is 6.95. The largest absolute Gasteiger partial charge is 0.476 e. The van der Waals surface area contributed by atoms with Crippen LogP contribution in [0.4, 0.5) is 13.2 Å². The summed E-state index contributed by atoms with van der Waals surface area (Å²) in [5.41, 5.74) is 1.26. The van der Waals surface area contributed by atoms with Gasteiger partial charge in [0.15, 0.2) is 15.9 Å². The Morgan fingerprint density at radius 1 is 1.34 bits per heavy atom. The highest BCUT2D eigenvalue weighted by molar-refractivity contribution is 8.01. The first kappa shape index (κ1) is 25.0. The molecule has 2 fully saturated rings. The number of rotatable bonds is 10. The second-order valence-corrected chi connectivity index (χ2v) is 11.0. The van der Waals surface area contributed by atoms with Gasteiger partial charge in [-0.15, -0.1) is 11.3 Å². The number of aromatic carboxylic acids is 1. The van der Waals surface area contributed by atoms with Crippen LogP contribution < -0.4 is 0 Å². The van der Waals surface area contributed by atoms with E-state index < -0.39 is 17.9 Å². The minimum absolute atomic E-state index is 0.0319. The molecular weight excluding hydrogens is 459 g/mol. The number of allylic oxidation sites excluding steroid dienone is 3. The Balaban J connectivity index is 1.51. The second kappa shape index (κ2) is 11.0. The number of hydrogen-bond donors (Lipinski definition) is 1. The van der Waals surface area contributed by atoms with Gasteiger partial charge in [0.25, 0.3) is 0 Å². The summed E-state index contributed by atoms with van der Waals surface area (Å²) in [6.07, 6.45) is 3.29. The highest BCUT2D eigenvalue weighted by atomic mass is 32.2. The van der Waals surface area contributed by atoms with Gasteiger partial charge >= 0.3 is 12.0 Å². The molecule has 176 valence electrons. The predicted molar refractivity (Wildman–Crippen MR) is 120 cm³/mol. The van der Waals surface area contributed by atoms with Gasteiger partial charge in [0.2, 0.25) is 0 Å². The molecule has 0 aromatic carbocycles. The second-order valence-electron chi connectivity index (χ2n) is 8.79. The van der Waals surface area contributed by atoms with Crippen molar-refractivity contribution in [1.29, 1.82) is 0 Å². The minimum Gasteiger partial charge on any atom is -0.476 e. The van der Waals surface area contributed by atoms with Crippen molar-refractivity contribution in [2.45, 2.75) is 56.7 Å². The molecule has 0 radical (unpaired) electrons. The Labute approximate surface area is 194 Å². The standard InChI is InChI=1S/C23H28F3NO3S2/c1-12(9-15-10-14(13(15)2)3-5-18(24)21(25)26)16-4-6-20(28)17(16)7-8-31-23-27-19(11-32-23)22(29)30/h9,11,13-17H,3-8,10H2,1-2H3,(H,29,30)/b12-9+/t13?,14-,15?,16-,17?/m1/s1. The molecule has 0 amide bonds. The van der Waals surface area contributed by atoms with E-state index in [2.05, 4.69) is 24.9 Å². The van der Waals surface area contributed by atoms with E-state index in [4.69, 9.17) is 5.11 Å². The fourth-order valence-electron chi connectivity index (χ4n) is 4.91. The van der Waals surface area contributed by atoms with E-state index in [0.717, 1.165) is 19.3 Å². The van der Waals surface area contributed by atoms with Crippen molar-refractivity contribution < 1.29 is 27.9 Å². The molecule has 5 atom stereocenters. The molecule has 1 N–H and O–H groups in total. The Morgan fingerprint density at radius 3 is 2.72 bits per heavy atom. The number of aromatic nitrogens is 1. The van der Waals surface area contributed by atoms with Crippen molar-refractivity contribution in [2.24, 2.45) is 29.6 Å². The van der Waals surface area contributed by atoms with E-state index in [9.17, 15) is 22.8 Å². The maximum absolute atomic E-state index is 13.1. The van der Waals surface area contributed by atoms with Crippen LogP contribution in [0.5, 0.6) is 0 Å². The zero-order valence-corrected chi connectivity index (χ0v) is 19.8. The molecule has 1 aromatic heterocycles. The van der Waals surface area contributed by atoms with Gasteiger partial charge in [0, 0.05) is 29.9 Å². The Hall–Kier alpha value is -1.61. The fourth-order valence-corrected chi connectivity index (χ4v) is 6.80. The van der Waals surface area contributed by atoms with Crippen LogP contribution in [0.2, 0.25) is 0 Å². The monoisotopic (exact) mass is 487 g/mol. The van der Waals surface area contributed by atoms with Gasteiger partial charge in [0.05, 0.1) is 0 Å². The number of thiazole rings is 1. The van der Waals surface area contributed by atoms with Gasteiger partial charge in [-0.2, -0.15) is 8.78 Å². The Kier molecular flexibility index (Phi) is 8.61. The molecular formula is C23H28F3NO3S2. The lowest BCUT2D eigenvalue weighted by molar-refractivity contribution is -0.121. The normalized spacial score (nSPS) is 28.0. The lowest BCUT2D eigenvalue weighted by Crippen LogP contribution is -2.33. The van der Waals surface area contributed by atoms with Crippen LogP contribution in [-0.2, 0) is 4.79 Å². The molecule has 32 heavy (non-hydrogen) atoms. The van der Waals surface area contributed by atoms with Crippen molar-refractivity contribution in [3.63, 3.8) is 0 Å². The molecule has 4 nitrogen and oxygen atoms in total. The van der Waals surface area contributed by atoms with Crippen LogP contribution in [0.3, 0.4) is 0 Å². The lowest BCUT2D eigenvalue weighted by atomic mass is 9.63. The number of hydrogen-bond acceptors (Lipinski definition) is 5. The predicted octanol–water partition coefficient (Wildman–Crippen LogP) is 7.00. The number of halogens is 3. The van der Waals surface area contributed by atoms with E-state index in [1.54, 1.807) is 0 Å². The number of ketones is 1. The third kappa shape index (κ3) is 6.04. The maximum atomic E-state index is 13.1. The SMILES string of the molecule is C/C(=C\C1C[C@@H](CCC(F)=C(F)F)C1C)[C@H]1CCC(=O)C1CCSc1nc(C(=O)O)cs1. The summed E-state index contributed by atoms with van der Waals surface area (Å²) in [7, 11) is 0. The van der Waals surface area contributed by atoms with E-state index in [1.807, 2.05) is 0 Å². The summed E-state index contributed by atoms with van der Waals surface area (Å²) in [5, 5.41) is 10.5. The smallest absolute Gasteiger partial charge is 0.355 e. The quantitative estimate of drug-likeness (QED) is 0.284. The van der Waals surface area contributed by atoms with E-state index >= 15 is 0 Å². The minimum atomic E-state index is -2.21. The molecule has 0 aliphatic heterocycles. The number of carbonyl (C=O) groups is 2. The van der Waals surface area contributed by atoms with Crippen LogP contribution in [0, 0.1) is 29.6 Å². The van der Waals surface area contributed by atoms with Crippen LogP contribution in [0.15, 0.2) is 33.3 Å². The van der Waals surface area contributed by atoms with Gasteiger partial charge in [-0.25, -0.2) is 14.2 Å². The number of carbonyl (C=O) groups excluding carboxylic acids is 1. The Bertz CT molecular complexity index is 910. The highest BCUT2D eigenvalue weighted by Crippen LogP contribution is 2.46. The van der Waals surface area contributed by atoms with Gasteiger partial charge < -0.3 is 5.11 Å². The molecule has 2 aliphatic rings. The van der Waals surface area contributed by atoms with E-state index in [1.165, 1.54) is 34.1 Å². The average Bonchev–Trinajstić information content (AvgIpc) is 3.36. The zero-order valence-electron chi connectivity index (χ0n) is 18.2. The highest BCUT2D eigenvalue weighted by Gasteiger charge is 2.39. The summed E-state index contributed by atoms with van der Waals surface area (Å²) in [5.74, 6) is -0.254. The fraction of sp³-hybridized carbons (Fsp3) is 0.609. The molecule has 1 heterocycles. The van der Waals surface area contributed by atoms with Gasteiger partial charge in [0.1, 0.15) is 5.78 Å². The summed E-state index contributed by atoms with van der Waals surface area (Å²) < 4.78 is 38.3. The molecule has 0 bridgehead atoms. The molecule has 0 saturated heterocycles. The first-order valence-electron chi connectivity index (χ1n) is 10.9. The maximum Gasteiger partial charge on any atom is 0.355 e. The zero-order chi connectivity index (χ0) is 23.4. The molecule has 0 spiro atoms. The van der Waals surface area contributed by atoms with Crippen molar-refractivity contribution >= 4 is 34.9 Å². The molecule has 3 rings (SSSR count). The molecule has 9 heteroatoms. The number of Topliss-reactive ketones (excluding diaryl/α,β-unsaturated/α-hetero) is 1. The number of thioether (sulfide) groups is 1. The number of carboxylic acids is 1.